The molecule has 2 aromatic rings. The second-order valence-electron chi connectivity index (χ2n) is 21.4. The molecule has 324 valence electrons. The lowest BCUT2D eigenvalue weighted by molar-refractivity contribution is -0.162. The van der Waals surface area contributed by atoms with Crippen LogP contribution in [0.2, 0.25) is 0 Å². The molecule has 5 heteroatoms. The van der Waals surface area contributed by atoms with E-state index in [1.54, 1.807) is 0 Å². The van der Waals surface area contributed by atoms with E-state index < -0.39 is 17.9 Å². The molecule has 0 fully saturated rings. The van der Waals surface area contributed by atoms with Gasteiger partial charge in [-0.05, 0) is 74.3 Å². The Labute approximate surface area is 350 Å². The maximum atomic E-state index is 13.9. The number of carbonyl (C=O) groups is 2. The number of ether oxygens (including phenoxy) is 1. The zero-order chi connectivity index (χ0) is 43.0. The number of rotatable bonds is 23. The Kier molecular flexibility index (Phi) is 20.4. The lowest BCUT2D eigenvalue weighted by atomic mass is 9.77. The molecular weight excluding hydrogens is 705 g/mol. The van der Waals surface area contributed by atoms with Crippen LogP contribution in [-0.2, 0) is 48.8 Å². The summed E-state index contributed by atoms with van der Waals surface area (Å²) < 4.78 is 5.65. The Hall–Kier alpha value is -2.82. The van der Waals surface area contributed by atoms with Crippen molar-refractivity contribution in [2.75, 3.05) is 0 Å². The number of phenolic OH excluding ortho intramolecular Hbond substituents is 2. The molecule has 0 spiro atoms. The van der Waals surface area contributed by atoms with Gasteiger partial charge in [0.15, 0.2) is 0 Å². The SMILES string of the molecule is CCCCCCCCCCCCCCCCCCC(Cc1cc(C(C)(C)C)c(O)c(C(C)(C)C)c1)C(=O)OC(=O)CCc1cc(C(C)(C)C)c(O)c(C(C)(C)C)c1. The van der Waals surface area contributed by atoms with E-state index in [1.807, 2.05) is 24.3 Å². The molecule has 0 saturated heterocycles. The molecule has 0 radical (unpaired) electrons. The van der Waals surface area contributed by atoms with Gasteiger partial charge in [-0.15, -0.1) is 0 Å². The maximum Gasteiger partial charge on any atom is 0.316 e. The van der Waals surface area contributed by atoms with E-state index in [2.05, 4.69) is 90.0 Å². The number of esters is 2. The lowest BCUT2D eigenvalue weighted by Gasteiger charge is -2.29. The van der Waals surface area contributed by atoms with Crippen LogP contribution in [0.25, 0.3) is 0 Å². The minimum Gasteiger partial charge on any atom is -0.507 e. The highest BCUT2D eigenvalue weighted by Crippen LogP contribution is 2.42. The molecule has 0 saturated carbocycles. The number of unbranched alkanes of at least 4 members (excludes halogenated alkanes) is 15. The van der Waals surface area contributed by atoms with Gasteiger partial charge in [0.2, 0.25) is 0 Å². The summed E-state index contributed by atoms with van der Waals surface area (Å²) in [6.45, 7) is 27.3. The zero-order valence-corrected chi connectivity index (χ0v) is 39.1. The lowest BCUT2D eigenvalue weighted by Crippen LogP contribution is -2.24. The van der Waals surface area contributed by atoms with Crippen LogP contribution in [0.4, 0.5) is 0 Å². The Morgan fingerprint density at radius 3 is 1.16 bits per heavy atom. The van der Waals surface area contributed by atoms with Crippen molar-refractivity contribution in [2.45, 2.75) is 240 Å². The molecule has 1 atom stereocenters. The quantitative estimate of drug-likeness (QED) is 0.0665. The van der Waals surface area contributed by atoms with E-state index in [9.17, 15) is 19.8 Å². The monoisotopic (exact) mass is 791 g/mol. The van der Waals surface area contributed by atoms with Crippen molar-refractivity contribution in [3.05, 3.63) is 57.6 Å². The first kappa shape index (κ1) is 50.3. The van der Waals surface area contributed by atoms with Crippen molar-refractivity contribution in [3.63, 3.8) is 0 Å². The normalized spacial score (nSPS) is 13.2. The largest absolute Gasteiger partial charge is 0.507 e. The van der Waals surface area contributed by atoms with Crippen LogP contribution >= 0.6 is 0 Å². The Morgan fingerprint density at radius 2 is 0.825 bits per heavy atom. The van der Waals surface area contributed by atoms with Crippen molar-refractivity contribution >= 4 is 11.9 Å². The second kappa shape index (κ2) is 23.1. The maximum absolute atomic E-state index is 13.9. The third kappa shape index (κ3) is 17.9. The van der Waals surface area contributed by atoms with Crippen molar-refractivity contribution in [2.24, 2.45) is 5.92 Å². The van der Waals surface area contributed by atoms with Crippen LogP contribution in [0.1, 0.15) is 239 Å². The fourth-order valence-corrected chi connectivity index (χ4v) is 7.96. The second-order valence-corrected chi connectivity index (χ2v) is 21.4. The summed E-state index contributed by atoms with van der Waals surface area (Å²) in [5.41, 5.74) is 4.27. The van der Waals surface area contributed by atoms with E-state index >= 15 is 0 Å². The first-order valence-electron chi connectivity index (χ1n) is 22.9. The van der Waals surface area contributed by atoms with E-state index in [0.29, 0.717) is 30.8 Å². The topological polar surface area (TPSA) is 83.8 Å². The smallest absolute Gasteiger partial charge is 0.316 e. The van der Waals surface area contributed by atoms with Crippen LogP contribution in [0.5, 0.6) is 11.5 Å². The molecule has 0 heterocycles. The van der Waals surface area contributed by atoms with Gasteiger partial charge >= 0.3 is 11.9 Å². The Bertz CT molecular complexity index is 1450. The van der Waals surface area contributed by atoms with E-state index in [4.69, 9.17) is 4.74 Å². The van der Waals surface area contributed by atoms with Crippen molar-refractivity contribution < 1.29 is 24.5 Å². The molecule has 0 bridgehead atoms. The van der Waals surface area contributed by atoms with Gasteiger partial charge in [-0.2, -0.15) is 0 Å². The van der Waals surface area contributed by atoms with E-state index in [1.165, 1.54) is 83.5 Å². The third-order valence-corrected chi connectivity index (χ3v) is 11.6. The van der Waals surface area contributed by atoms with Crippen LogP contribution in [-0.4, -0.2) is 22.2 Å². The van der Waals surface area contributed by atoms with Crippen molar-refractivity contribution in [1.29, 1.82) is 0 Å². The molecule has 2 N–H and O–H groups in total. The average Bonchev–Trinajstić information content (AvgIpc) is 3.09. The highest BCUT2D eigenvalue weighted by atomic mass is 16.6. The van der Waals surface area contributed by atoms with Crippen molar-refractivity contribution in [1.82, 2.24) is 0 Å². The van der Waals surface area contributed by atoms with Crippen molar-refractivity contribution in [3.8, 4) is 11.5 Å². The molecular formula is C52H86O5. The number of phenols is 2. The van der Waals surface area contributed by atoms with Gasteiger partial charge in [0.1, 0.15) is 11.5 Å². The molecule has 0 aliphatic rings. The molecule has 0 aromatic heterocycles. The van der Waals surface area contributed by atoms with Crippen LogP contribution in [0, 0.1) is 5.92 Å². The zero-order valence-electron chi connectivity index (χ0n) is 39.1. The van der Waals surface area contributed by atoms with E-state index in [-0.39, 0.29) is 28.1 Å². The van der Waals surface area contributed by atoms with Crippen LogP contribution < -0.4 is 0 Å². The first-order chi connectivity index (χ1) is 26.5. The van der Waals surface area contributed by atoms with Gasteiger partial charge in [0, 0.05) is 0 Å². The summed E-state index contributed by atoms with van der Waals surface area (Å²) in [7, 11) is 0. The fraction of sp³-hybridized carbons (Fsp3) is 0.731. The standard InChI is InChI=1S/C52H86O5/c1-14-15-16-17-18-19-20-21-22-23-24-25-26-27-28-29-30-40(33-39-36-43(51(8,9)10)47(55)44(37-39)52(11,12)13)48(56)57-45(53)32-31-38-34-41(49(2,3)4)46(54)42(35-38)50(5,6)7/h34-37,40,54-55H,14-33H2,1-13H3. The number of aromatic hydroxyl groups is 2. The summed E-state index contributed by atoms with van der Waals surface area (Å²) in [6, 6.07) is 8.07. The predicted molar refractivity (Wildman–Crippen MR) is 242 cm³/mol. The van der Waals surface area contributed by atoms with E-state index in [0.717, 1.165) is 52.6 Å². The summed E-state index contributed by atoms with van der Waals surface area (Å²) >= 11 is 0. The van der Waals surface area contributed by atoms with Gasteiger partial charge < -0.3 is 14.9 Å². The number of hydrogen-bond acceptors (Lipinski definition) is 5. The van der Waals surface area contributed by atoms with Gasteiger partial charge in [0.25, 0.3) is 0 Å². The average molecular weight is 791 g/mol. The van der Waals surface area contributed by atoms with Crippen LogP contribution in [0.3, 0.4) is 0 Å². The molecule has 0 aliphatic carbocycles. The summed E-state index contributed by atoms with van der Waals surface area (Å²) in [6.07, 6.45) is 22.3. The Morgan fingerprint density at radius 1 is 0.509 bits per heavy atom. The molecule has 57 heavy (non-hydrogen) atoms. The summed E-state index contributed by atoms with van der Waals surface area (Å²) in [5, 5.41) is 22.5. The van der Waals surface area contributed by atoms with Crippen LogP contribution in [0.15, 0.2) is 24.3 Å². The minimum atomic E-state index is -0.517. The van der Waals surface area contributed by atoms with Gasteiger partial charge in [0.05, 0.1) is 12.3 Å². The molecule has 0 aliphatic heterocycles. The number of hydrogen-bond donors (Lipinski definition) is 2. The molecule has 5 nitrogen and oxygen atoms in total. The van der Waals surface area contributed by atoms with Gasteiger partial charge in [-0.1, -0.05) is 217 Å². The predicted octanol–water partition coefficient (Wildman–Crippen LogP) is 14.8. The minimum absolute atomic E-state index is 0.0804. The number of aryl methyl sites for hydroxylation is 1. The number of carbonyl (C=O) groups excluding carboxylic acids is 2. The third-order valence-electron chi connectivity index (χ3n) is 11.6. The molecule has 0 amide bonds. The molecule has 2 aromatic carbocycles. The van der Waals surface area contributed by atoms with Gasteiger partial charge in [-0.3, -0.25) is 9.59 Å². The summed E-state index contributed by atoms with van der Waals surface area (Å²) in [4.78, 5) is 27.2. The van der Waals surface area contributed by atoms with Gasteiger partial charge in [-0.25, -0.2) is 0 Å². The molecule has 2 rings (SSSR count). The highest BCUT2D eigenvalue weighted by molar-refractivity contribution is 5.87. The number of benzene rings is 2. The Balaban J connectivity index is 2.09. The molecule has 1 unspecified atom stereocenters. The first-order valence-corrected chi connectivity index (χ1v) is 22.9. The summed E-state index contributed by atoms with van der Waals surface area (Å²) in [5.74, 6) is -0.799. The fourth-order valence-electron chi connectivity index (χ4n) is 7.96. The highest BCUT2D eigenvalue weighted by Gasteiger charge is 2.30.